The largest absolute Gasteiger partial charge is 1.00 e. The fraction of sp³-hybridized carbons (Fsp3) is 0. The van der Waals surface area contributed by atoms with Crippen molar-refractivity contribution in [3.63, 3.8) is 0 Å². The van der Waals surface area contributed by atoms with Gasteiger partial charge in [-0.25, -0.2) is 43.6 Å². The Morgan fingerprint density at radius 1 is 0.198 bits per heavy atom. The molecule has 0 aliphatic carbocycles. The van der Waals surface area contributed by atoms with Gasteiger partial charge in [0.05, 0.1) is 42.4 Å². The molecular formula is C92H58N4Na4O12S4. The van der Waals surface area contributed by atoms with Crippen molar-refractivity contribution in [3.05, 3.63) is 338 Å². The minimum absolute atomic E-state index is 0. The Hall–Kier alpha value is -9.12. The molecule has 0 radical (unpaired) electrons. The van der Waals surface area contributed by atoms with Gasteiger partial charge in [0.25, 0.3) is 0 Å². The first-order valence-corrected chi connectivity index (χ1v) is 40.9. The standard InChI is InChI=1S/C92H62N4O12S4.4Na/c97-109(98,99)65-49-69(57-25-9-1-10-26-57)85(70(50-65)58-27-11-2-12-28-58)89-77-41-43-79(93-77)90(86-71(59-29-13-3-14-30-59)51-66(110(100,101)102)52-72(86)60-31-15-4-16-32-60)81-45-47-83(95-81)92(88-75(63-37-21-7-22-38-63)55-68(112(106,107)108)56-76(88)64-39-23-8-24-40-64)84-48-46-82(96-84)91(80-44-42-78(89)94-80)87-73(61-33-17-5-18-34-61)53-67(111(103,104)105)54-74(87)62-35-19-6-20-36-62;;;;/h1-56,93,96H,(H,97,98,99)(H,100,101,102)(H,103,104,105)(H,106,107,108);;;;/q;4*+1/p-4. The van der Waals surface area contributed by atoms with Gasteiger partial charge in [0.1, 0.15) is 40.5 Å². The van der Waals surface area contributed by atoms with Gasteiger partial charge >= 0.3 is 118 Å². The molecule has 24 heteroatoms. The molecule has 116 heavy (non-hydrogen) atoms. The number of fused-ring (bicyclic) bond motifs is 8. The Morgan fingerprint density at radius 2 is 0.336 bits per heavy atom. The van der Waals surface area contributed by atoms with E-state index in [1.165, 1.54) is 48.5 Å². The van der Waals surface area contributed by atoms with Crippen molar-refractivity contribution in [1.82, 2.24) is 19.9 Å². The molecule has 546 valence electrons. The Bertz CT molecular complexity index is 6000. The van der Waals surface area contributed by atoms with Gasteiger partial charge in [0.2, 0.25) is 0 Å². The molecule has 0 amide bonds. The number of hydrogen-bond acceptors (Lipinski definition) is 14. The van der Waals surface area contributed by atoms with Crippen molar-refractivity contribution >= 4 is 86.8 Å². The van der Waals surface area contributed by atoms with E-state index >= 15 is 0 Å². The molecule has 0 unspecified atom stereocenters. The first kappa shape index (κ1) is 84.8. The summed E-state index contributed by atoms with van der Waals surface area (Å²) < 4.78 is 165. The molecule has 2 aliphatic heterocycles. The molecule has 16 nitrogen and oxygen atoms in total. The SMILES string of the molecule is O=S(=O)([O-])c1cc(-c2ccccc2)c(-c2c3nc(c(-c4c(-c5ccccc5)cc(S(=O)(=O)[O-])cc4-c4ccccc4)c4ccc([nH]4)c(-c4c(-c5ccccc5)cc(S(=O)(=O)[O-])cc4-c4ccccc4)c4nc(c(-c5c(-c6ccccc6)cc(S(=O)(=O)[O-])cc5-c5ccccc5)c5ccc2[nH]5)C=C4)C=C3)c(-c2ccccc2)c1.[Na+].[Na+].[Na+].[Na+]. The van der Waals surface area contributed by atoms with Crippen LogP contribution in [-0.4, -0.2) is 71.8 Å². The molecule has 0 spiro atoms. The van der Waals surface area contributed by atoms with E-state index in [0.29, 0.717) is 156 Å². The van der Waals surface area contributed by atoms with E-state index in [0.717, 1.165) is 0 Å². The molecule has 8 bridgehead atoms. The number of benzene rings is 12. The molecule has 17 rings (SSSR count). The summed E-state index contributed by atoms with van der Waals surface area (Å²) in [5.74, 6) is 0. The summed E-state index contributed by atoms with van der Waals surface area (Å²) in [7, 11) is -20.8. The van der Waals surface area contributed by atoms with Gasteiger partial charge in [-0.15, -0.1) is 0 Å². The minimum atomic E-state index is -5.21. The average molecular weight is 1630 g/mol. The van der Waals surface area contributed by atoms with Crippen LogP contribution in [0.1, 0.15) is 22.8 Å². The molecule has 12 aromatic carbocycles. The topological polar surface area (TPSA) is 286 Å². The normalized spacial score (nSPS) is 11.9. The van der Waals surface area contributed by atoms with Gasteiger partial charge < -0.3 is 28.2 Å². The molecule has 2 N–H and O–H groups in total. The van der Waals surface area contributed by atoms with E-state index in [-0.39, 0.29) is 141 Å². The fourth-order valence-electron chi connectivity index (χ4n) is 15.1. The second-order valence-corrected chi connectivity index (χ2v) is 32.3. The van der Waals surface area contributed by atoms with Crippen LogP contribution in [0.25, 0.3) is 180 Å². The van der Waals surface area contributed by atoms with Crippen molar-refractivity contribution in [2.24, 2.45) is 0 Å². The van der Waals surface area contributed by atoms with Crippen LogP contribution in [0.15, 0.2) is 335 Å². The number of nitrogens with zero attached hydrogens (tertiary/aromatic N) is 2. The van der Waals surface area contributed by atoms with E-state index in [1.54, 1.807) is 218 Å². The molecule has 2 aliphatic rings. The number of hydrogen-bond donors (Lipinski definition) is 2. The average Bonchev–Trinajstić information content (AvgIpc) is 1.67. The zero-order chi connectivity index (χ0) is 77.2. The Balaban J connectivity index is 0.00000293. The van der Waals surface area contributed by atoms with Crippen molar-refractivity contribution in [1.29, 1.82) is 0 Å². The van der Waals surface area contributed by atoms with Crippen LogP contribution in [-0.2, 0) is 40.5 Å². The number of H-pyrrole nitrogens is 2. The van der Waals surface area contributed by atoms with Gasteiger partial charge in [-0.05, 0) is 186 Å². The van der Waals surface area contributed by atoms with Crippen LogP contribution < -0.4 is 118 Å². The maximum atomic E-state index is 13.8. The molecule has 15 aromatic rings. The monoisotopic (exact) mass is 1630 g/mol. The zero-order valence-electron chi connectivity index (χ0n) is 62.8. The quantitative estimate of drug-likeness (QED) is 0.0680. The molecule has 0 saturated heterocycles. The van der Waals surface area contributed by atoms with Crippen LogP contribution in [0.4, 0.5) is 0 Å². The summed E-state index contributed by atoms with van der Waals surface area (Å²) in [6, 6.07) is 90.1. The summed E-state index contributed by atoms with van der Waals surface area (Å²) in [6.07, 6.45) is 7.20. The van der Waals surface area contributed by atoms with Gasteiger partial charge in [0.15, 0.2) is 0 Å². The zero-order valence-corrected chi connectivity index (χ0v) is 74.0. The van der Waals surface area contributed by atoms with Crippen molar-refractivity contribution in [3.8, 4) is 134 Å². The number of rotatable bonds is 16. The van der Waals surface area contributed by atoms with Crippen molar-refractivity contribution < 1.29 is 170 Å². The third-order valence-corrected chi connectivity index (χ3v) is 23.3. The Kier molecular flexibility index (Phi) is 25.5. The smallest absolute Gasteiger partial charge is 0.744 e. The molecule has 5 heterocycles. The number of nitrogens with one attached hydrogen (secondary N) is 2. The van der Waals surface area contributed by atoms with Gasteiger partial charge in [-0.2, -0.15) is 0 Å². The summed E-state index contributed by atoms with van der Waals surface area (Å²) in [5, 5.41) is 0. The number of aromatic amines is 2. The number of aromatic nitrogens is 4. The summed E-state index contributed by atoms with van der Waals surface area (Å²) >= 11 is 0. The molecular weight excluding hydrogens is 1570 g/mol. The van der Waals surface area contributed by atoms with Crippen molar-refractivity contribution in [2.75, 3.05) is 0 Å². The summed E-state index contributed by atoms with van der Waals surface area (Å²) in [6.45, 7) is 0. The van der Waals surface area contributed by atoms with Crippen LogP contribution in [0.5, 0.6) is 0 Å². The third-order valence-electron chi connectivity index (χ3n) is 20.0. The van der Waals surface area contributed by atoms with E-state index in [2.05, 4.69) is 9.97 Å². The van der Waals surface area contributed by atoms with E-state index in [9.17, 15) is 51.9 Å². The molecule has 0 saturated carbocycles. The van der Waals surface area contributed by atoms with Crippen molar-refractivity contribution in [2.45, 2.75) is 19.6 Å². The maximum Gasteiger partial charge on any atom is 1.00 e. The Labute approximate surface area is 759 Å². The third kappa shape index (κ3) is 16.9. The van der Waals surface area contributed by atoms with Gasteiger partial charge in [0, 0.05) is 66.6 Å². The predicted octanol–water partition coefficient (Wildman–Crippen LogP) is 8.29. The fourth-order valence-corrected chi connectivity index (χ4v) is 17.2. The van der Waals surface area contributed by atoms with E-state index < -0.39 is 60.1 Å². The van der Waals surface area contributed by atoms with Crippen LogP contribution >= 0.6 is 0 Å². The minimum Gasteiger partial charge on any atom is -0.744 e. The first-order valence-electron chi connectivity index (χ1n) is 35.3. The van der Waals surface area contributed by atoms with Crippen LogP contribution in [0.2, 0.25) is 0 Å². The molecule has 3 aromatic heterocycles. The van der Waals surface area contributed by atoms with E-state index in [1.807, 2.05) is 72.8 Å². The summed E-state index contributed by atoms with van der Waals surface area (Å²) in [5.41, 5.74) is 12.1. The summed E-state index contributed by atoms with van der Waals surface area (Å²) in [4.78, 5) is 17.1. The van der Waals surface area contributed by atoms with Gasteiger partial charge in [-0.1, -0.05) is 243 Å². The Morgan fingerprint density at radius 3 is 0.466 bits per heavy atom. The van der Waals surface area contributed by atoms with Crippen LogP contribution in [0, 0.1) is 0 Å². The molecule has 0 fully saturated rings. The van der Waals surface area contributed by atoms with Crippen LogP contribution in [0.3, 0.4) is 0 Å². The second kappa shape index (κ2) is 34.8. The maximum absolute atomic E-state index is 13.8. The van der Waals surface area contributed by atoms with Gasteiger partial charge in [-0.3, -0.25) is 0 Å². The van der Waals surface area contributed by atoms with E-state index in [4.69, 9.17) is 9.97 Å². The first-order chi connectivity index (χ1) is 54.1. The second-order valence-electron chi connectivity index (χ2n) is 26.8. The molecule has 0 atom stereocenters. The predicted molar refractivity (Wildman–Crippen MR) is 436 cm³/mol.